The molecule has 1 aliphatic heterocycles. The molecular weight excluding hydrogens is 610 g/mol. The van der Waals surface area contributed by atoms with Crippen LogP contribution in [0.5, 0.6) is 5.75 Å². The molecule has 12 nitrogen and oxygen atoms in total. The fourth-order valence-corrected chi connectivity index (χ4v) is 5.71. The average Bonchev–Trinajstić information content (AvgIpc) is 3.58. The first kappa shape index (κ1) is 33.8. The Hall–Kier alpha value is -5.52. The fourth-order valence-electron chi connectivity index (χ4n) is 5.71. The molecule has 12 heteroatoms. The molecule has 0 aliphatic carbocycles. The summed E-state index contributed by atoms with van der Waals surface area (Å²) in [6.07, 6.45) is 6.13. The van der Waals surface area contributed by atoms with Crippen molar-refractivity contribution >= 4 is 23.6 Å². The molecule has 3 heterocycles. The van der Waals surface area contributed by atoms with Gasteiger partial charge in [0.15, 0.2) is 0 Å². The number of rotatable bonds is 6. The summed E-state index contributed by atoms with van der Waals surface area (Å²) in [5.74, 6) is -1.21. The van der Waals surface area contributed by atoms with E-state index in [-0.39, 0.29) is 30.5 Å². The highest BCUT2D eigenvalue weighted by molar-refractivity contribution is 6.01. The van der Waals surface area contributed by atoms with Gasteiger partial charge in [0, 0.05) is 31.0 Å². The molecule has 5 rings (SSSR count). The standard InChI is InChI=1S/C36H41N7O5/c1-23(2)32-35(46)40-28(16-24-9-5-4-6-10-24)21-43(36(47)30-20-39-42-33(30)26-12-7-13-29(17-26)48-3)22-31(44)38-14-8-11-25-15-27(19-37-18-25)34(45)41-32/h4-7,9-10,12-13,15,17-20,23,28,32H,8,11,14,16,21-22H2,1-3H3,(H,38,44)(H,39,42)(H,40,46)(H,41,45)/t28-,32-/m1/s1. The van der Waals surface area contributed by atoms with Crippen molar-refractivity contribution in [1.82, 2.24) is 36.0 Å². The Morgan fingerprint density at radius 1 is 0.979 bits per heavy atom. The lowest BCUT2D eigenvalue weighted by molar-refractivity contribution is -0.124. The molecule has 2 atom stereocenters. The molecule has 2 aromatic heterocycles. The highest BCUT2D eigenvalue weighted by atomic mass is 16.5. The van der Waals surface area contributed by atoms with Crippen LogP contribution in [0, 0.1) is 5.92 Å². The Labute approximate surface area is 279 Å². The van der Waals surface area contributed by atoms with Gasteiger partial charge in [-0.1, -0.05) is 56.3 Å². The Kier molecular flexibility index (Phi) is 11.2. The second kappa shape index (κ2) is 15.9. The summed E-state index contributed by atoms with van der Waals surface area (Å²) >= 11 is 0. The Bertz CT molecular complexity index is 1740. The van der Waals surface area contributed by atoms with Gasteiger partial charge in [-0.2, -0.15) is 5.10 Å². The van der Waals surface area contributed by atoms with Crippen molar-refractivity contribution in [2.24, 2.45) is 5.92 Å². The van der Waals surface area contributed by atoms with Crippen molar-refractivity contribution in [1.29, 1.82) is 0 Å². The number of aromatic amines is 1. The molecular formula is C36H41N7O5. The molecule has 1 aliphatic rings. The predicted molar refractivity (Wildman–Crippen MR) is 180 cm³/mol. The quantitative estimate of drug-likeness (QED) is 0.249. The maximum absolute atomic E-state index is 14.3. The zero-order valence-electron chi connectivity index (χ0n) is 27.4. The minimum atomic E-state index is -0.865. The number of carbonyl (C=O) groups excluding carboxylic acids is 4. The monoisotopic (exact) mass is 651 g/mol. The van der Waals surface area contributed by atoms with Crippen LogP contribution in [0.15, 0.2) is 79.3 Å². The number of aromatic nitrogens is 3. The van der Waals surface area contributed by atoms with Gasteiger partial charge in [0.2, 0.25) is 11.8 Å². The Balaban J connectivity index is 1.50. The molecule has 0 fully saturated rings. The van der Waals surface area contributed by atoms with E-state index >= 15 is 0 Å². The fraction of sp³-hybridized carbons (Fsp3) is 0.333. The van der Waals surface area contributed by atoms with Crippen LogP contribution in [0.2, 0.25) is 0 Å². The first-order valence-corrected chi connectivity index (χ1v) is 16.0. The van der Waals surface area contributed by atoms with E-state index in [0.717, 1.165) is 11.1 Å². The van der Waals surface area contributed by atoms with Gasteiger partial charge in [0.05, 0.1) is 42.7 Å². The Morgan fingerprint density at radius 3 is 2.56 bits per heavy atom. The van der Waals surface area contributed by atoms with E-state index in [1.54, 1.807) is 31.5 Å². The van der Waals surface area contributed by atoms with Gasteiger partial charge in [0.25, 0.3) is 11.8 Å². The summed E-state index contributed by atoms with van der Waals surface area (Å²) in [4.78, 5) is 60.5. The second-order valence-electron chi connectivity index (χ2n) is 12.2. The number of hydrogen-bond acceptors (Lipinski definition) is 7. The number of fused-ring (bicyclic) bond motifs is 2. The van der Waals surface area contributed by atoms with Crippen LogP contribution in [0.25, 0.3) is 11.3 Å². The van der Waals surface area contributed by atoms with E-state index < -0.39 is 29.8 Å². The number of nitrogens with one attached hydrogen (secondary N) is 4. The van der Waals surface area contributed by atoms with Gasteiger partial charge in [-0.15, -0.1) is 0 Å². The van der Waals surface area contributed by atoms with Crippen LogP contribution in [0.4, 0.5) is 0 Å². The maximum atomic E-state index is 14.3. The number of amides is 4. The van der Waals surface area contributed by atoms with Crippen LogP contribution in [0.1, 0.15) is 52.1 Å². The minimum absolute atomic E-state index is 0.0130. The third kappa shape index (κ3) is 8.64. The molecule has 4 N–H and O–H groups in total. The average molecular weight is 652 g/mol. The lowest BCUT2D eigenvalue weighted by Gasteiger charge is -2.30. The van der Waals surface area contributed by atoms with Crippen molar-refractivity contribution in [3.05, 3.63) is 102 Å². The largest absolute Gasteiger partial charge is 0.497 e. The number of nitrogens with zero attached hydrogens (tertiary/aromatic N) is 3. The molecule has 48 heavy (non-hydrogen) atoms. The number of aryl methyl sites for hydroxylation is 1. The highest BCUT2D eigenvalue weighted by Crippen LogP contribution is 2.26. The summed E-state index contributed by atoms with van der Waals surface area (Å²) in [5, 5.41) is 16.0. The minimum Gasteiger partial charge on any atom is -0.497 e. The SMILES string of the molecule is COc1cccc(-c2[nH]ncc2C(=O)N2CC(=O)NCCCc3cncc(c3)C(=O)N[C@H](C(C)C)C(=O)N[C@H](Cc3ccccc3)C2)c1. The second-order valence-corrected chi connectivity index (χ2v) is 12.2. The van der Waals surface area contributed by atoms with E-state index in [1.165, 1.54) is 17.3 Å². The molecule has 4 aromatic rings. The normalized spacial score (nSPS) is 18.0. The first-order valence-electron chi connectivity index (χ1n) is 16.0. The number of hydrogen-bond donors (Lipinski definition) is 4. The summed E-state index contributed by atoms with van der Waals surface area (Å²) < 4.78 is 5.38. The van der Waals surface area contributed by atoms with Gasteiger partial charge in [-0.3, -0.25) is 29.3 Å². The number of pyridine rings is 1. The molecule has 0 saturated heterocycles. The molecule has 0 radical (unpaired) electrons. The molecule has 2 bridgehead atoms. The zero-order chi connectivity index (χ0) is 34.0. The van der Waals surface area contributed by atoms with Gasteiger partial charge in [-0.25, -0.2) is 0 Å². The molecule has 0 spiro atoms. The van der Waals surface area contributed by atoms with E-state index in [9.17, 15) is 19.2 Å². The molecule has 4 amide bonds. The van der Waals surface area contributed by atoms with Crippen molar-refractivity contribution in [2.45, 2.75) is 45.2 Å². The molecule has 0 saturated carbocycles. The van der Waals surface area contributed by atoms with Crippen LogP contribution < -0.4 is 20.7 Å². The summed E-state index contributed by atoms with van der Waals surface area (Å²) in [7, 11) is 1.56. The third-order valence-corrected chi connectivity index (χ3v) is 8.22. The number of carbonyl (C=O) groups is 4. The van der Waals surface area contributed by atoms with Crippen LogP contribution in [-0.2, 0) is 22.4 Å². The summed E-state index contributed by atoms with van der Waals surface area (Å²) in [6.45, 7) is 3.83. The third-order valence-electron chi connectivity index (χ3n) is 8.22. The zero-order valence-corrected chi connectivity index (χ0v) is 27.4. The number of benzene rings is 2. The molecule has 0 unspecified atom stereocenters. The van der Waals surface area contributed by atoms with Crippen molar-refractivity contribution in [3.63, 3.8) is 0 Å². The van der Waals surface area contributed by atoms with Gasteiger partial charge >= 0.3 is 0 Å². The van der Waals surface area contributed by atoms with Crippen molar-refractivity contribution < 1.29 is 23.9 Å². The van der Waals surface area contributed by atoms with Crippen LogP contribution >= 0.6 is 0 Å². The van der Waals surface area contributed by atoms with Crippen LogP contribution in [-0.4, -0.2) is 82.5 Å². The van der Waals surface area contributed by atoms with Crippen LogP contribution in [0.3, 0.4) is 0 Å². The van der Waals surface area contributed by atoms with Gasteiger partial charge < -0.3 is 25.6 Å². The van der Waals surface area contributed by atoms with Gasteiger partial charge in [0.1, 0.15) is 11.8 Å². The molecule has 250 valence electrons. The number of methoxy groups -OCH3 is 1. The predicted octanol–water partition coefficient (Wildman–Crippen LogP) is 3.17. The lowest BCUT2D eigenvalue weighted by atomic mass is 10.00. The van der Waals surface area contributed by atoms with E-state index in [4.69, 9.17) is 4.74 Å². The van der Waals surface area contributed by atoms with Gasteiger partial charge in [-0.05, 0) is 54.5 Å². The number of ether oxygens (including phenoxy) is 1. The first-order chi connectivity index (χ1) is 23.2. The topological polar surface area (TPSA) is 158 Å². The maximum Gasteiger partial charge on any atom is 0.258 e. The summed E-state index contributed by atoms with van der Waals surface area (Å²) in [6, 6.07) is 17.1. The summed E-state index contributed by atoms with van der Waals surface area (Å²) in [5.41, 5.74) is 3.54. The van der Waals surface area contributed by atoms with E-state index in [2.05, 4.69) is 31.1 Å². The Morgan fingerprint density at radius 2 is 1.79 bits per heavy atom. The van der Waals surface area contributed by atoms with Crippen molar-refractivity contribution in [3.8, 4) is 17.0 Å². The number of H-pyrrole nitrogens is 1. The lowest BCUT2D eigenvalue weighted by Crippen LogP contribution is -2.55. The van der Waals surface area contributed by atoms with E-state index in [0.29, 0.717) is 48.4 Å². The van der Waals surface area contributed by atoms with E-state index in [1.807, 2.05) is 56.3 Å². The smallest absolute Gasteiger partial charge is 0.258 e. The van der Waals surface area contributed by atoms with Crippen molar-refractivity contribution in [2.75, 3.05) is 26.7 Å². The highest BCUT2D eigenvalue weighted by Gasteiger charge is 2.31. The molecule has 2 aromatic carbocycles.